The second kappa shape index (κ2) is 8.08. The Morgan fingerprint density at radius 3 is 2.57 bits per heavy atom. The molecule has 110 valence electrons. The summed E-state index contributed by atoms with van der Waals surface area (Å²) in [6.45, 7) is 1.58. The van der Waals surface area contributed by atoms with Gasteiger partial charge in [0.2, 0.25) is 0 Å². The second-order valence-electron chi connectivity index (χ2n) is 4.45. The minimum atomic E-state index is -0.882. The van der Waals surface area contributed by atoms with Crippen LogP contribution in [0.1, 0.15) is 15.9 Å². The van der Waals surface area contributed by atoms with Crippen LogP contribution in [0.4, 0.5) is 0 Å². The Morgan fingerprint density at radius 1 is 1.14 bits per heavy atom. The van der Waals surface area contributed by atoms with E-state index in [-0.39, 0.29) is 0 Å². The normalized spacial score (nSPS) is 10.5. The van der Waals surface area contributed by atoms with Crippen molar-refractivity contribution in [2.75, 3.05) is 12.3 Å². The molecule has 2 aromatic rings. The highest BCUT2D eigenvalue weighted by molar-refractivity contribution is 7.99. The molecule has 0 aliphatic heterocycles. The average Bonchev–Trinajstić information content (AvgIpc) is 2.49. The molecule has 0 amide bonds. The first kappa shape index (κ1) is 15.9. The monoisotopic (exact) mass is 321 g/mol. The van der Waals surface area contributed by atoms with Gasteiger partial charge in [-0.25, -0.2) is 4.79 Å². The number of thioether (sulfide) groups is 1. The summed E-state index contributed by atoms with van der Waals surface area (Å²) in [7, 11) is 0. The molecule has 0 saturated carbocycles. The highest BCUT2D eigenvalue weighted by atomic mass is 35.5. The molecule has 2 rings (SSSR count). The number of carboxylic acid groups (broad SMARTS) is 1. The third-order valence-electron chi connectivity index (χ3n) is 2.90. The summed E-state index contributed by atoms with van der Waals surface area (Å²) < 4.78 is 0. The third-order valence-corrected chi connectivity index (χ3v) is 4.22. The summed E-state index contributed by atoms with van der Waals surface area (Å²) in [6, 6.07) is 14.8. The summed E-state index contributed by atoms with van der Waals surface area (Å²) in [5, 5.41) is 13.2. The van der Waals surface area contributed by atoms with Gasteiger partial charge in [0.25, 0.3) is 0 Å². The molecule has 0 heterocycles. The van der Waals surface area contributed by atoms with Crippen molar-refractivity contribution in [2.45, 2.75) is 11.4 Å². The number of nitrogens with one attached hydrogen (secondary N) is 1. The first-order chi connectivity index (χ1) is 10.2. The van der Waals surface area contributed by atoms with Crippen molar-refractivity contribution in [2.24, 2.45) is 0 Å². The van der Waals surface area contributed by atoms with Crippen molar-refractivity contribution in [3.05, 3.63) is 64.7 Å². The molecule has 0 saturated heterocycles. The molecule has 0 aliphatic rings. The number of halogens is 1. The standard InChI is InChI=1S/C16H16ClNO2S/c17-13-7-5-12(6-8-13)11-18-9-10-21-15-4-2-1-3-14(15)16(19)20/h1-8,18H,9-11H2,(H,19,20). The molecule has 0 aliphatic carbocycles. The summed E-state index contributed by atoms with van der Waals surface area (Å²) in [4.78, 5) is 11.9. The van der Waals surface area contributed by atoms with Crippen LogP contribution in [0.2, 0.25) is 5.02 Å². The second-order valence-corrected chi connectivity index (χ2v) is 6.03. The van der Waals surface area contributed by atoms with E-state index in [1.54, 1.807) is 23.9 Å². The van der Waals surface area contributed by atoms with E-state index in [1.165, 1.54) is 5.56 Å². The summed E-state index contributed by atoms with van der Waals surface area (Å²) in [5.41, 5.74) is 1.54. The Morgan fingerprint density at radius 2 is 1.86 bits per heavy atom. The van der Waals surface area contributed by atoms with E-state index in [0.717, 1.165) is 28.8 Å². The van der Waals surface area contributed by atoms with Crippen LogP contribution in [-0.2, 0) is 6.54 Å². The number of hydrogen-bond acceptors (Lipinski definition) is 3. The van der Waals surface area contributed by atoms with Crippen LogP contribution < -0.4 is 5.32 Å². The predicted octanol–water partition coefficient (Wildman–Crippen LogP) is 3.92. The molecule has 21 heavy (non-hydrogen) atoms. The lowest BCUT2D eigenvalue weighted by Gasteiger charge is -2.07. The fourth-order valence-electron chi connectivity index (χ4n) is 1.84. The van der Waals surface area contributed by atoms with E-state index in [0.29, 0.717) is 5.56 Å². The van der Waals surface area contributed by atoms with Gasteiger partial charge >= 0.3 is 5.97 Å². The molecule has 0 bridgehead atoms. The van der Waals surface area contributed by atoms with Gasteiger partial charge in [0.05, 0.1) is 5.56 Å². The minimum Gasteiger partial charge on any atom is -0.478 e. The first-order valence-corrected chi connectivity index (χ1v) is 7.93. The number of benzene rings is 2. The van der Waals surface area contributed by atoms with E-state index in [9.17, 15) is 4.79 Å². The van der Waals surface area contributed by atoms with Gasteiger partial charge in [-0.3, -0.25) is 0 Å². The number of rotatable bonds is 7. The maximum atomic E-state index is 11.1. The van der Waals surface area contributed by atoms with Crippen LogP contribution in [0.25, 0.3) is 0 Å². The molecule has 3 nitrogen and oxygen atoms in total. The van der Waals surface area contributed by atoms with Crippen molar-refractivity contribution >= 4 is 29.3 Å². The number of aromatic carboxylic acids is 1. The number of carbonyl (C=O) groups is 1. The summed E-state index contributed by atoms with van der Waals surface area (Å²) in [5.74, 6) is -0.0649. The van der Waals surface area contributed by atoms with Gasteiger partial charge in [-0.1, -0.05) is 35.9 Å². The lowest BCUT2D eigenvalue weighted by atomic mass is 10.2. The topological polar surface area (TPSA) is 49.3 Å². The van der Waals surface area contributed by atoms with Crippen molar-refractivity contribution in [3.8, 4) is 0 Å². The van der Waals surface area contributed by atoms with Crippen LogP contribution in [0.15, 0.2) is 53.4 Å². The maximum Gasteiger partial charge on any atom is 0.336 e. The Bertz CT molecular complexity index is 601. The van der Waals surface area contributed by atoms with Crippen molar-refractivity contribution in [1.29, 1.82) is 0 Å². The zero-order chi connectivity index (χ0) is 15.1. The van der Waals surface area contributed by atoms with Crippen molar-refractivity contribution < 1.29 is 9.90 Å². The molecular formula is C16H16ClNO2S. The Labute approximate surface area is 133 Å². The predicted molar refractivity (Wildman–Crippen MR) is 87.3 cm³/mol. The average molecular weight is 322 g/mol. The van der Waals surface area contributed by atoms with E-state index in [2.05, 4.69) is 5.32 Å². The SMILES string of the molecule is O=C(O)c1ccccc1SCCNCc1ccc(Cl)cc1. The van der Waals surface area contributed by atoms with E-state index >= 15 is 0 Å². The van der Waals surface area contributed by atoms with Crippen molar-refractivity contribution in [3.63, 3.8) is 0 Å². The van der Waals surface area contributed by atoms with Gasteiger partial charge in [-0.15, -0.1) is 11.8 Å². The quantitative estimate of drug-likeness (QED) is 0.599. The van der Waals surface area contributed by atoms with Crippen LogP contribution in [0.3, 0.4) is 0 Å². The van der Waals surface area contributed by atoms with Crippen LogP contribution >= 0.6 is 23.4 Å². The van der Waals surface area contributed by atoms with Gasteiger partial charge in [0, 0.05) is 28.8 Å². The molecule has 0 spiro atoms. The molecule has 2 aromatic carbocycles. The summed E-state index contributed by atoms with van der Waals surface area (Å²) >= 11 is 7.38. The Balaban J connectivity index is 1.75. The molecule has 0 atom stereocenters. The fraction of sp³-hybridized carbons (Fsp3) is 0.188. The molecular weight excluding hydrogens is 306 g/mol. The van der Waals surface area contributed by atoms with Gasteiger partial charge < -0.3 is 10.4 Å². The van der Waals surface area contributed by atoms with Crippen LogP contribution in [0, 0.1) is 0 Å². The minimum absolute atomic E-state index is 0.361. The highest BCUT2D eigenvalue weighted by Gasteiger charge is 2.08. The van der Waals surface area contributed by atoms with Crippen LogP contribution in [0.5, 0.6) is 0 Å². The lowest BCUT2D eigenvalue weighted by molar-refractivity contribution is 0.0693. The molecule has 2 N–H and O–H groups in total. The zero-order valence-electron chi connectivity index (χ0n) is 11.4. The van der Waals surface area contributed by atoms with E-state index in [1.807, 2.05) is 36.4 Å². The van der Waals surface area contributed by atoms with Gasteiger partial charge in [0.15, 0.2) is 0 Å². The van der Waals surface area contributed by atoms with E-state index < -0.39 is 5.97 Å². The van der Waals surface area contributed by atoms with Crippen LogP contribution in [-0.4, -0.2) is 23.4 Å². The van der Waals surface area contributed by atoms with Gasteiger partial charge in [0.1, 0.15) is 0 Å². The maximum absolute atomic E-state index is 11.1. The molecule has 0 radical (unpaired) electrons. The number of carboxylic acids is 1. The lowest BCUT2D eigenvalue weighted by Crippen LogP contribution is -2.16. The molecule has 0 unspecified atom stereocenters. The number of hydrogen-bond donors (Lipinski definition) is 2. The summed E-state index contributed by atoms with van der Waals surface area (Å²) in [6.07, 6.45) is 0. The largest absolute Gasteiger partial charge is 0.478 e. The van der Waals surface area contributed by atoms with Crippen molar-refractivity contribution in [1.82, 2.24) is 5.32 Å². The first-order valence-electron chi connectivity index (χ1n) is 6.57. The smallest absolute Gasteiger partial charge is 0.336 e. The Hall–Kier alpha value is -1.49. The zero-order valence-corrected chi connectivity index (χ0v) is 13.0. The highest BCUT2D eigenvalue weighted by Crippen LogP contribution is 2.22. The van der Waals surface area contributed by atoms with Gasteiger partial charge in [-0.2, -0.15) is 0 Å². The molecule has 5 heteroatoms. The van der Waals surface area contributed by atoms with Gasteiger partial charge in [-0.05, 0) is 29.8 Å². The third kappa shape index (κ3) is 5.08. The molecule has 0 aromatic heterocycles. The fourth-order valence-corrected chi connectivity index (χ4v) is 2.92. The molecule has 0 fully saturated rings. The Kier molecular flexibility index (Phi) is 6.11. The van der Waals surface area contributed by atoms with E-state index in [4.69, 9.17) is 16.7 Å².